The number of rotatable bonds is 4. The number of aromatic hydroxyl groups is 1. The third kappa shape index (κ3) is 2.94. The number of hydrogen-bond donors (Lipinski definition) is 2. The van der Waals surface area contributed by atoms with Gasteiger partial charge in [-0.2, -0.15) is 0 Å². The van der Waals surface area contributed by atoms with Crippen LogP contribution in [-0.4, -0.2) is 16.6 Å². The van der Waals surface area contributed by atoms with Crippen molar-refractivity contribution in [2.45, 2.75) is 6.92 Å². The highest BCUT2D eigenvalue weighted by Crippen LogP contribution is 2.33. The van der Waals surface area contributed by atoms with Gasteiger partial charge in [0.25, 0.3) is 0 Å². The highest BCUT2D eigenvalue weighted by molar-refractivity contribution is 9.10. The third-order valence-corrected chi connectivity index (χ3v) is 3.85. The van der Waals surface area contributed by atoms with Crippen LogP contribution >= 0.6 is 28.1 Å². The number of nitrogens with zero attached hydrogens (tertiary/aromatic N) is 1. The minimum atomic E-state index is 0.229. The van der Waals surface area contributed by atoms with Crippen molar-refractivity contribution < 1.29 is 5.11 Å². The topological polar surface area (TPSA) is 49.5 Å². The van der Waals surface area contributed by atoms with Crippen LogP contribution in [0.4, 0.5) is 11.4 Å². The zero-order valence-corrected chi connectivity index (χ0v) is 13.4. The summed E-state index contributed by atoms with van der Waals surface area (Å²) in [6.45, 7) is 2.77. The SMILES string of the molecule is CCN(c1cccc(O)c1)c1cccc(Br)c1C(N)=S. The van der Waals surface area contributed by atoms with Gasteiger partial charge in [-0.25, -0.2) is 0 Å². The maximum atomic E-state index is 9.65. The summed E-state index contributed by atoms with van der Waals surface area (Å²) in [5.74, 6) is 0.229. The zero-order chi connectivity index (χ0) is 14.7. The van der Waals surface area contributed by atoms with Crippen LogP contribution in [0.5, 0.6) is 5.75 Å². The Morgan fingerprint density at radius 3 is 2.60 bits per heavy atom. The summed E-state index contributed by atoms with van der Waals surface area (Å²) in [5.41, 5.74) is 8.45. The standard InChI is InChI=1S/C15H15BrN2OS/c1-2-18(10-5-3-6-11(19)9-10)13-8-4-7-12(16)14(13)15(17)20/h3-9,19H,2H2,1H3,(H2,17,20). The smallest absolute Gasteiger partial charge is 0.117 e. The van der Waals surface area contributed by atoms with E-state index in [0.717, 1.165) is 28.0 Å². The Morgan fingerprint density at radius 2 is 2.00 bits per heavy atom. The predicted molar refractivity (Wildman–Crippen MR) is 90.8 cm³/mol. The summed E-state index contributed by atoms with van der Waals surface area (Å²) in [6.07, 6.45) is 0. The number of hydrogen-bond acceptors (Lipinski definition) is 3. The van der Waals surface area contributed by atoms with E-state index in [9.17, 15) is 5.11 Å². The molecule has 0 saturated carbocycles. The van der Waals surface area contributed by atoms with Gasteiger partial charge in [0.1, 0.15) is 10.7 Å². The lowest BCUT2D eigenvalue weighted by atomic mass is 10.1. The van der Waals surface area contributed by atoms with Crippen molar-refractivity contribution in [1.82, 2.24) is 0 Å². The first-order valence-corrected chi connectivity index (χ1v) is 7.39. The number of anilines is 2. The van der Waals surface area contributed by atoms with Gasteiger partial charge in [0.2, 0.25) is 0 Å². The molecular weight excluding hydrogens is 336 g/mol. The van der Waals surface area contributed by atoms with E-state index in [-0.39, 0.29) is 5.75 Å². The lowest BCUT2D eigenvalue weighted by molar-refractivity contribution is 0.475. The second-order valence-corrected chi connectivity index (χ2v) is 5.56. The predicted octanol–water partition coefficient (Wildman–Crippen LogP) is 3.95. The van der Waals surface area contributed by atoms with Crippen molar-refractivity contribution in [3.63, 3.8) is 0 Å². The normalized spacial score (nSPS) is 10.3. The van der Waals surface area contributed by atoms with Crippen LogP contribution in [0.1, 0.15) is 12.5 Å². The van der Waals surface area contributed by atoms with E-state index in [1.54, 1.807) is 12.1 Å². The summed E-state index contributed by atoms with van der Waals surface area (Å²) in [4.78, 5) is 2.39. The summed E-state index contributed by atoms with van der Waals surface area (Å²) < 4.78 is 0.862. The molecule has 0 aromatic heterocycles. The minimum Gasteiger partial charge on any atom is -0.508 e. The van der Waals surface area contributed by atoms with Crippen LogP contribution in [0, 0.1) is 0 Å². The van der Waals surface area contributed by atoms with E-state index in [4.69, 9.17) is 18.0 Å². The highest BCUT2D eigenvalue weighted by Gasteiger charge is 2.16. The molecule has 0 radical (unpaired) electrons. The van der Waals surface area contributed by atoms with Gasteiger partial charge >= 0.3 is 0 Å². The molecule has 0 atom stereocenters. The summed E-state index contributed by atoms with van der Waals surface area (Å²) >= 11 is 8.64. The quantitative estimate of drug-likeness (QED) is 0.819. The van der Waals surface area contributed by atoms with Gasteiger partial charge in [0, 0.05) is 28.3 Å². The maximum absolute atomic E-state index is 9.65. The Bertz CT molecular complexity index is 646. The van der Waals surface area contributed by atoms with E-state index in [1.165, 1.54) is 0 Å². The molecule has 0 spiro atoms. The number of nitrogens with two attached hydrogens (primary N) is 1. The van der Waals surface area contributed by atoms with E-state index in [2.05, 4.69) is 20.8 Å². The van der Waals surface area contributed by atoms with E-state index < -0.39 is 0 Å². The number of phenols is 1. The van der Waals surface area contributed by atoms with Crippen LogP contribution in [-0.2, 0) is 0 Å². The molecule has 0 heterocycles. The molecule has 2 rings (SSSR count). The van der Waals surface area contributed by atoms with Crippen LogP contribution < -0.4 is 10.6 Å². The van der Waals surface area contributed by atoms with Gasteiger partial charge in [-0.3, -0.25) is 0 Å². The number of benzene rings is 2. The molecule has 0 aliphatic heterocycles. The zero-order valence-electron chi connectivity index (χ0n) is 11.0. The Balaban J connectivity index is 2.58. The van der Waals surface area contributed by atoms with Gasteiger partial charge in [-0.1, -0.05) is 24.4 Å². The largest absolute Gasteiger partial charge is 0.508 e. The van der Waals surface area contributed by atoms with Gasteiger partial charge in [-0.15, -0.1) is 0 Å². The van der Waals surface area contributed by atoms with E-state index >= 15 is 0 Å². The van der Waals surface area contributed by atoms with Gasteiger partial charge in [0.15, 0.2) is 0 Å². The first-order chi connectivity index (χ1) is 9.54. The third-order valence-electron chi connectivity index (χ3n) is 2.99. The second kappa shape index (κ2) is 6.24. The Labute approximate surface area is 132 Å². The molecule has 0 bridgehead atoms. The monoisotopic (exact) mass is 350 g/mol. The average Bonchev–Trinajstić information content (AvgIpc) is 2.39. The number of phenolic OH excluding ortho intramolecular Hbond substituents is 1. The van der Waals surface area contributed by atoms with E-state index in [1.807, 2.05) is 37.3 Å². The summed E-state index contributed by atoms with van der Waals surface area (Å²) in [5, 5.41) is 9.65. The summed E-state index contributed by atoms with van der Waals surface area (Å²) in [7, 11) is 0. The first kappa shape index (κ1) is 14.8. The van der Waals surface area contributed by atoms with Crippen LogP contribution in [0.15, 0.2) is 46.9 Å². The van der Waals surface area contributed by atoms with Gasteiger partial charge < -0.3 is 15.7 Å². The maximum Gasteiger partial charge on any atom is 0.117 e. The van der Waals surface area contributed by atoms with Crippen LogP contribution in [0.25, 0.3) is 0 Å². The molecule has 3 N–H and O–H groups in total. The molecule has 0 unspecified atom stereocenters. The molecule has 0 amide bonds. The fourth-order valence-corrected chi connectivity index (χ4v) is 3.05. The number of halogens is 1. The van der Waals surface area contributed by atoms with Gasteiger partial charge in [0.05, 0.1) is 5.69 Å². The van der Waals surface area contributed by atoms with Crippen molar-refractivity contribution >= 4 is 44.5 Å². The highest BCUT2D eigenvalue weighted by atomic mass is 79.9. The Kier molecular flexibility index (Phi) is 4.62. The minimum absolute atomic E-state index is 0.229. The molecule has 0 aliphatic carbocycles. The molecule has 5 heteroatoms. The fourth-order valence-electron chi connectivity index (χ4n) is 2.13. The van der Waals surface area contributed by atoms with Crippen LogP contribution in [0.3, 0.4) is 0 Å². The molecule has 104 valence electrons. The molecule has 2 aromatic carbocycles. The summed E-state index contributed by atoms with van der Waals surface area (Å²) in [6, 6.07) is 12.9. The average molecular weight is 351 g/mol. The van der Waals surface area contributed by atoms with E-state index in [0.29, 0.717) is 4.99 Å². The van der Waals surface area contributed by atoms with Crippen LogP contribution in [0.2, 0.25) is 0 Å². The van der Waals surface area contributed by atoms with Crippen molar-refractivity contribution in [1.29, 1.82) is 0 Å². The lowest BCUT2D eigenvalue weighted by Crippen LogP contribution is -2.21. The lowest BCUT2D eigenvalue weighted by Gasteiger charge is -2.26. The molecule has 3 nitrogen and oxygen atoms in total. The van der Waals surface area contributed by atoms with Crippen molar-refractivity contribution in [3.8, 4) is 5.75 Å². The molecular formula is C15H15BrN2OS. The Hall–Kier alpha value is -1.59. The molecule has 20 heavy (non-hydrogen) atoms. The Morgan fingerprint density at radius 1 is 1.30 bits per heavy atom. The molecule has 0 fully saturated rings. The fraction of sp³-hybridized carbons (Fsp3) is 0.133. The molecule has 2 aromatic rings. The van der Waals surface area contributed by atoms with Crippen molar-refractivity contribution in [3.05, 3.63) is 52.5 Å². The first-order valence-electron chi connectivity index (χ1n) is 6.19. The van der Waals surface area contributed by atoms with Gasteiger partial charge in [-0.05, 0) is 47.1 Å². The molecule has 0 aliphatic rings. The second-order valence-electron chi connectivity index (χ2n) is 4.26. The van der Waals surface area contributed by atoms with Crippen molar-refractivity contribution in [2.24, 2.45) is 5.73 Å². The molecule has 0 saturated heterocycles. The van der Waals surface area contributed by atoms with Crippen molar-refractivity contribution in [2.75, 3.05) is 11.4 Å². The number of thiocarbonyl (C=S) groups is 1.